The molecule has 5 nitrogen and oxygen atoms in total. The summed E-state index contributed by atoms with van der Waals surface area (Å²) in [7, 11) is 0. The fourth-order valence-electron chi connectivity index (χ4n) is 3.29. The Morgan fingerprint density at radius 3 is 2.89 bits per heavy atom. The highest BCUT2D eigenvalue weighted by molar-refractivity contribution is 5.87. The fraction of sp³-hybridized carbons (Fsp3) is 0.692. The minimum atomic E-state index is -0.265. The summed E-state index contributed by atoms with van der Waals surface area (Å²) in [4.78, 5) is 22.2. The van der Waals surface area contributed by atoms with Gasteiger partial charge in [-0.2, -0.15) is 0 Å². The third-order valence-corrected chi connectivity index (χ3v) is 4.22. The Hall–Kier alpha value is -1.36. The van der Waals surface area contributed by atoms with Crippen molar-refractivity contribution in [3.05, 3.63) is 17.7 Å². The van der Waals surface area contributed by atoms with Crippen LogP contribution in [-0.2, 0) is 11.3 Å². The lowest BCUT2D eigenvalue weighted by Gasteiger charge is -2.43. The van der Waals surface area contributed by atoms with Crippen LogP contribution in [0.5, 0.6) is 0 Å². The van der Waals surface area contributed by atoms with Crippen molar-refractivity contribution < 1.29 is 4.79 Å². The zero-order chi connectivity index (χ0) is 12.6. The fourth-order valence-corrected chi connectivity index (χ4v) is 3.29. The Morgan fingerprint density at radius 2 is 2.22 bits per heavy atom. The van der Waals surface area contributed by atoms with Crippen LogP contribution >= 0.6 is 0 Å². The van der Waals surface area contributed by atoms with E-state index in [-0.39, 0.29) is 11.4 Å². The first kappa shape index (κ1) is 11.7. The summed E-state index contributed by atoms with van der Waals surface area (Å²) in [5.74, 6) is 1.18. The zero-order valence-corrected chi connectivity index (χ0v) is 10.8. The largest absolute Gasteiger partial charge is 0.353 e. The van der Waals surface area contributed by atoms with Gasteiger partial charge in [0, 0.05) is 25.0 Å². The smallest absolute Gasteiger partial charge is 0.240 e. The summed E-state index contributed by atoms with van der Waals surface area (Å²) in [5, 5.41) is 3.02. The minimum Gasteiger partial charge on any atom is -0.353 e. The lowest BCUT2D eigenvalue weighted by Crippen LogP contribution is -2.63. The van der Waals surface area contributed by atoms with E-state index in [0.717, 1.165) is 56.8 Å². The van der Waals surface area contributed by atoms with E-state index < -0.39 is 0 Å². The van der Waals surface area contributed by atoms with Crippen LogP contribution in [-0.4, -0.2) is 39.4 Å². The van der Waals surface area contributed by atoms with Crippen molar-refractivity contribution >= 4 is 5.91 Å². The minimum absolute atomic E-state index is 0.217. The lowest BCUT2D eigenvalue weighted by atomic mass is 9.91. The van der Waals surface area contributed by atoms with Crippen LogP contribution in [0.25, 0.3) is 0 Å². The number of nitrogens with one attached hydrogen (secondary N) is 2. The molecule has 0 unspecified atom stereocenters. The first-order chi connectivity index (χ1) is 8.71. The Kier molecular flexibility index (Phi) is 2.86. The monoisotopic (exact) mass is 248 g/mol. The molecule has 1 saturated carbocycles. The number of nitrogens with zero attached hydrogens (tertiary/aromatic N) is 2. The normalized spacial score (nSPS) is 23.5. The van der Waals surface area contributed by atoms with Crippen molar-refractivity contribution in [1.82, 2.24) is 20.2 Å². The lowest BCUT2D eigenvalue weighted by molar-refractivity contribution is -0.137. The van der Waals surface area contributed by atoms with E-state index >= 15 is 0 Å². The first-order valence-electron chi connectivity index (χ1n) is 6.74. The van der Waals surface area contributed by atoms with Crippen molar-refractivity contribution in [2.24, 2.45) is 0 Å². The molecule has 0 aromatic carbocycles. The SMILES string of the molecule is Cc1cnc(CN2CCNC(=O)C23CCCC3)[nH]1. The second kappa shape index (κ2) is 4.39. The number of amides is 1. The van der Waals surface area contributed by atoms with Gasteiger partial charge < -0.3 is 10.3 Å². The van der Waals surface area contributed by atoms with Gasteiger partial charge in [-0.25, -0.2) is 4.98 Å². The van der Waals surface area contributed by atoms with Gasteiger partial charge in [-0.3, -0.25) is 9.69 Å². The van der Waals surface area contributed by atoms with Gasteiger partial charge in [-0.1, -0.05) is 12.8 Å². The molecule has 1 aliphatic carbocycles. The Morgan fingerprint density at radius 1 is 1.44 bits per heavy atom. The molecule has 2 N–H and O–H groups in total. The second-order valence-corrected chi connectivity index (χ2v) is 5.43. The number of piperazine rings is 1. The molecule has 3 rings (SSSR count). The van der Waals surface area contributed by atoms with Crippen molar-refractivity contribution in [2.45, 2.75) is 44.7 Å². The Labute approximate surface area is 107 Å². The Bertz CT molecular complexity index is 448. The van der Waals surface area contributed by atoms with Crippen molar-refractivity contribution in [1.29, 1.82) is 0 Å². The second-order valence-electron chi connectivity index (χ2n) is 5.43. The zero-order valence-electron chi connectivity index (χ0n) is 10.8. The number of hydrogen-bond acceptors (Lipinski definition) is 3. The van der Waals surface area contributed by atoms with E-state index in [1.54, 1.807) is 0 Å². The molecular formula is C13H20N4O. The number of imidazole rings is 1. The number of aromatic nitrogens is 2. The van der Waals surface area contributed by atoms with Crippen LogP contribution in [0.1, 0.15) is 37.2 Å². The molecule has 98 valence electrons. The summed E-state index contributed by atoms with van der Waals surface area (Å²) in [5.41, 5.74) is 0.811. The van der Waals surface area contributed by atoms with Crippen molar-refractivity contribution in [3.63, 3.8) is 0 Å². The molecule has 2 aliphatic rings. The molecule has 1 amide bonds. The quantitative estimate of drug-likeness (QED) is 0.819. The molecule has 0 atom stereocenters. The topological polar surface area (TPSA) is 61.0 Å². The molecular weight excluding hydrogens is 228 g/mol. The van der Waals surface area contributed by atoms with Crippen LogP contribution in [0.3, 0.4) is 0 Å². The van der Waals surface area contributed by atoms with Gasteiger partial charge in [0.25, 0.3) is 0 Å². The third-order valence-electron chi connectivity index (χ3n) is 4.22. The van der Waals surface area contributed by atoms with Crippen LogP contribution in [0.4, 0.5) is 0 Å². The van der Waals surface area contributed by atoms with E-state index in [2.05, 4.69) is 20.2 Å². The first-order valence-corrected chi connectivity index (χ1v) is 6.74. The number of aryl methyl sites for hydroxylation is 1. The average molecular weight is 248 g/mol. The summed E-state index contributed by atoms with van der Waals surface area (Å²) in [6, 6.07) is 0. The summed E-state index contributed by atoms with van der Waals surface area (Å²) >= 11 is 0. The van der Waals surface area contributed by atoms with Gasteiger partial charge in [0.05, 0.1) is 6.54 Å². The van der Waals surface area contributed by atoms with Crippen LogP contribution < -0.4 is 5.32 Å². The predicted octanol–water partition coefficient (Wildman–Crippen LogP) is 0.963. The molecule has 18 heavy (non-hydrogen) atoms. The van der Waals surface area contributed by atoms with Crippen LogP contribution in [0.15, 0.2) is 6.20 Å². The van der Waals surface area contributed by atoms with Gasteiger partial charge >= 0.3 is 0 Å². The highest BCUT2D eigenvalue weighted by Crippen LogP contribution is 2.37. The molecule has 0 radical (unpaired) electrons. The number of hydrogen-bond donors (Lipinski definition) is 2. The molecule has 2 heterocycles. The van der Waals surface area contributed by atoms with E-state index in [9.17, 15) is 4.79 Å². The number of carbonyl (C=O) groups excluding carboxylic acids is 1. The average Bonchev–Trinajstić information content (AvgIpc) is 2.96. The molecule has 1 aromatic rings. The molecule has 5 heteroatoms. The van der Waals surface area contributed by atoms with E-state index in [0.29, 0.717) is 0 Å². The summed E-state index contributed by atoms with van der Waals surface area (Å²) < 4.78 is 0. The van der Waals surface area contributed by atoms with Gasteiger partial charge in [0.2, 0.25) is 5.91 Å². The molecule has 1 saturated heterocycles. The summed E-state index contributed by atoms with van der Waals surface area (Å²) in [6.07, 6.45) is 6.12. The number of carbonyl (C=O) groups is 1. The maximum absolute atomic E-state index is 12.2. The van der Waals surface area contributed by atoms with Crippen molar-refractivity contribution in [3.8, 4) is 0 Å². The number of rotatable bonds is 2. The molecule has 1 aromatic heterocycles. The highest BCUT2D eigenvalue weighted by atomic mass is 16.2. The van der Waals surface area contributed by atoms with E-state index in [1.165, 1.54) is 0 Å². The maximum Gasteiger partial charge on any atom is 0.240 e. The molecule has 1 aliphatic heterocycles. The van der Waals surface area contributed by atoms with E-state index in [4.69, 9.17) is 0 Å². The van der Waals surface area contributed by atoms with Gasteiger partial charge in [-0.15, -0.1) is 0 Å². The maximum atomic E-state index is 12.2. The highest BCUT2D eigenvalue weighted by Gasteiger charge is 2.47. The molecule has 2 fully saturated rings. The van der Waals surface area contributed by atoms with Crippen LogP contribution in [0.2, 0.25) is 0 Å². The predicted molar refractivity (Wildman–Crippen MR) is 67.9 cm³/mol. The van der Waals surface area contributed by atoms with Crippen LogP contribution in [0, 0.1) is 6.92 Å². The van der Waals surface area contributed by atoms with Gasteiger partial charge in [0.1, 0.15) is 11.4 Å². The van der Waals surface area contributed by atoms with Gasteiger partial charge in [0.15, 0.2) is 0 Å². The molecule has 0 bridgehead atoms. The van der Waals surface area contributed by atoms with Gasteiger partial charge in [-0.05, 0) is 19.8 Å². The van der Waals surface area contributed by atoms with Crippen molar-refractivity contribution in [2.75, 3.05) is 13.1 Å². The van der Waals surface area contributed by atoms with E-state index in [1.807, 2.05) is 13.1 Å². The number of H-pyrrole nitrogens is 1. The Balaban J connectivity index is 1.82. The number of aromatic amines is 1. The third kappa shape index (κ3) is 1.82. The molecule has 1 spiro atoms. The standard InChI is InChI=1S/C13H20N4O/c1-10-8-15-11(16-10)9-17-7-6-14-12(18)13(17)4-2-3-5-13/h8H,2-7,9H2,1H3,(H,14,18)(H,15,16). The summed E-state index contributed by atoms with van der Waals surface area (Å²) in [6.45, 7) is 4.43.